The van der Waals surface area contributed by atoms with Gasteiger partial charge < -0.3 is 25.6 Å². The van der Waals surface area contributed by atoms with E-state index in [0.717, 1.165) is 48.1 Å². The van der Waals surface area contributed by atoms with Gasteiger partial charge in [-0.05, 0) is 61.9 Å². The quantitative estimate of drug-likeness (QED) is 0.473. The van der Waals surface area contributed by atoms with Gasteiger partial charge in [-0.3, -0.25) is 14.4 Å². The van der Waals surface area contributed by atoms with Gasteiger partial charge in [-0.25, -0.2) is 4.39 Å². The Morgan fingerprint density at radius 3 is 2.30 bits per heavy atom. The van der Waals surface area contributed by atoms with Crippen LogP contribution in [0, 0.1) is 12.7 Å². The monoisotopic (exact) mass is 510 g/mol. The zero-order chi connectivity index (χ0) is 26.6. The number of likely N-dealkylation sites (N-methyl/N-ethyl adjacent to an activating group) is 1. The lowest BCUT2D eigenvalue weighted by atomic mass is 10.1. The molecule has 0 atom stereocenters. The molecular weight excluding hydrogens is 475 g/mol. The van der Waals surface area contributed by atoms with Crippen LogP contribution in [-0.4, -0.2) is 62.5 Å². The molecule has 1 aliphatic carbocycles. The molecule has 2 aliphatic rings. The van der Waals surface area contributed by atoms with Crippen LogP contribution < -0.4 is 20.7 Å². The summed E-state index contributed by atoms with van der Waals surface area (Å²) in [6.45, 7) is 3.15. The molecule has 1 saturated carbocycles. The highest BCUT2D eigenvalue weighted by Crippen LogP contribution is 2.31. The highest BCUT2D eigenvalue weighted by Gasteiger charge is 2.26. The minimum Gasteiger partial charge on any atom is -0.491 e. The first-order chi connectivity index (χ1) is 17.8. The molecule has 1 heterocycles. The van der Waals surface area contributed by atoms with Gasteiger partial charge in [0.2, 0.25) is 11.8 Å². The lowest BCUT2D eigenvalue weighted by Crippen LogP contribution is -2.44. The summed E-state index contributed by atoms with van der Waals surface area (Å²) in [4.78, 5) is 38.1. The van der Waals surface area contributed by atoms with Gasteiger partial charge in [-0.2, -0.15) is 0 Å². The van der Waals surface area contributed by atoms with Crippen molar-refractivity contribution in [3.05, 3.63) is 76.7 Å². The normalized spacial score (nSPS) is 17.5. The van der Waals surface area contributed by atoms with Crippen molar-refractivity contribution in [2.24, 2.45) is 0 Å². The highest BCUT2D eigenvalue weighted by atomic mass is 19.1. The summed E-state index contributed by atoms with van der Waals surface area (Å²) in [5.41, 5.74) is 3.78. The van der Waals surface area contributed by atoms with Gasteiger partial charge in [0.1, 0.15) is 18.2 Å². The molecule has 2 aromatic carbocycles. The van der Waals surface area contributed by atoms with E-state index in [1.807, 2.05) is 31.2 Å². The molecule has 37 heavy (non-hydrogen) atoms. The number of amides is 3. The molecule has 0 unspecified atom stereocenters. The number of carbonyl (C=O) groups excluding carboxylic acids is 3. The number of carbonyl (C=O) groups is 3. The van der Waals surface area contributed by atoms with E-state index in [1.54, 1.807) is 19.2 Å². The summed E-state index contributed by atoms with van der Waals surface area (Å²) in [5, 5.41) is 8.54. The number of hydrogen-bond donors (Lipinski definition) is 3. The van der Waals surface area contributed by atoms with Gasteiger partial charge in [0.05, 0.1) is 18.8 Å². The van der Waals surface area contributed by atoms with Crippen LogP contribution in [0.2, 0.25) is 0 Å². The zero-order valence-electron chi connectivity index (χ0n) is 21.4. The summed E-state index contributed by atoms with van der Waals surface area (Å²) < 4.78 is 18.0. The van der Waals surface area contributed by atoms with E-state index < -0.39 is 0 Å². The molecule has 0 bridgehead atoms. The van der Waals surface area contributed by atoms with Crippen LogP contribution >= 0.6 is 0 Å². The Bertz CT molecular complexity index is 1090. The Morgan fingerprint density at radius 2 is 1.59 bits per heavy atom. The van der Waals surface area contributed by atoms with Crippen LogP contribution in [0.25, 0.3) is 0 Å². The minimum atomic E-state index is -0.366. The van der Waals surface area contributed by atoms with Crippen molar-refractivity contribution in [2.75, 3.05) is 39.8 Å². The van der Waals surface area contributed by atoms with E-state index in [2.05, 4.69) is 16.0 Å². The third kappa shape index (κ3) is 9.59. The van der Waals surface area contributed by atoms with Gasteiger partial charge >= 0.3 is 0 Å². The number of rotatable bonds is 0. The predicted molar refractivity (Wildman–Crippen MR) is 139 cm³/mol. The van der Waals surface area contributed by atoms with Crippen molar-refractivity contribution in [1.82, 2.24) is 20.9 Å². The van der Waals surface area contributed by atoms with Crippen molar-refractivity contribution in [1.29, 1.82) is 0 Å². The van der Waals surface area contributed by atoms with Crippen LogP contribution in [0.3, 0.4) is 0 Å². The van der Waals surface area contributed by atoms with Gasteiger partial charge in [-0.15, -0.1) is 0 Å². The Balaban J connectivity index is 0.000000405. The maximum atomic E-state index is 12.7. The maximum Gasteiger partial charge on any atom is 0.270 e. The van der Waals surface area contributed by atoms with Crippen LogP contribution in [0.15, 0.2) is 59.8 Å². The largest absolute Gasteiger partial charge is 0.491 e. The third-order valence-electron chi connectivity index (χ3n) is 5.83. The van der Waals surface area contributed by atoms with Crippen LogP contribution in [0.5, 0.6) is 5.75 Å². The Labute approximate surface area is 217 Å². The number of benzene rings is 2. The number of ether oxygens (including phenoxy) is 1. The number of hydrogen-bond acceptors (Lipinski definition) is 5. The fourth-order valence-corrected chi connectivity index (χ4v) is 3.67. The lowest BCUT2D eigenvalue weighted by Gasteiger charge is -2.20. The van der Waals surface area contributed by atoms with Gasteiger partial charge in [0, 0.05) is 20.1 Å². The topological polar surface area (TPSA) is 99.8 Å². The van der Waals surface area contributed by atoms with E-state index in [-0.39, 0.29) is 36.6 Å². The van der Waals surface area contributed by atoms with Crippen molar-refractivity contribution in [2.45, 2.75) is 32.6 Å². The van der Waals surface area contributed by atoms with E-state index in [1.165, 1.54) is 17.0 Å². The highest BCUT2D eigenvalue weighted by molar-refractivity contribution is 5.96. The van der Waals surface area contributed by atoms with Gasteiger partial charge in [0.15, 0.2) is 0 Å². The minimum absolute atomic E-state index is 0.103. The second-order valence-corrected chi connectivity index (χ2v) is 9.05. The van der Waals surface area contributed by atoms with Crippen molar-refractivity contribution >= 4 is 17.7 Å². The average Bonchev–Trinajstić information content (AvgIpc) is 3.73. The number of aryl methyl sites for hydroxylation is 2. The molecule has 1 fully saturated rings. The molecule has 8 nitrogen and oxygen atoms in total. The average molecular weight is 511 g/mol. The maximum absolute atomic E-state index is 12.7. The van der Waals surface area contributed by atoms with Gasteiger partial charge in [-0.1, -0.05) is 35.9 Å². The molecule has 3 amide bonds. The van der Waals surface area contributed by atoms with E-state index >= 15 is 0 Å². The number of nitrogens with one attached hydrogen (secondary N) is 3. The molecule has 0 spiro atoms. The Hall–Kier alpha value is -3.88. The van der Waals surface area contributed by atoms with Crippen molar-refractivity contribution in [3.8, 4) is 5.75 Å². The molecule has 2 aromatic rings. The van der Waals surface area contributed by atoms with Crippen LogP contribution in [-0.2, 0) is 20.8 Å². The summed E-state index contributed by atoms with van der Waals surface area (Å²) in [6, 6.07) is 14.2. The van der Waals surface area contributed by atoms with Crippen LogP contribution in [0.4, 0.5) is 4.39 Å². The first-order valence-corrected chi connectivity index (χ1v) is 12.5. The first kappa shape index (κ1) is 27.7. The predicted octanol–water partition coefficient (Wildman–Crippen LogP) is 2.47. The van der Waals surface area contributed by atoms with E-state index in [9.17, 15) is 18.8 Å². The zero-order valence-corrected chi connectivity index (χ0v) is 21.4. The Morgan fingerprint density at radius 1 is 0.865 bits per heavy atom. The molecule has 9 heteroatoms. The summed E-state index contributed by atoms with van der Waals surface area (Å²) in [6.07, 6.45) is 3.32. The van der Waals surface area contributed by atoms with E-state index in [4.69, 9.17) is 4.74 Å². The summed E-state index contributed by atoms with van der Waals surface area (Å²) in [5.74, 6) is -0.192. The molecule has 0 aromatic heterocycles. The van der Waals surface area contributed by atoms with E-state index in [0.29, 0.717) is 25.4 Å². The number of halogens is 1. The molecule has 4 rings (SSSR count). The van der Waals surface area contributed by atoms with Crippen LogP contribution in [0.1, 0.15) is 30.4 Å². The van der Waals surface area contributed by atoms with Crippen molar-refractivity contribution in [3.63, 3.8) is 0 Å². The summed E-state index contributed by atoms with van der Waals surface area (Å²) >= 11 is 0. The Kier molecular flexibility index (Phi) is 10.5. The molecule has 1 aliphatic heterocycles. The second-order valence-electron chi connectivity index (χ2n) is 9.05. The number of para-hydroxylation sites is 1. The standard InChI is InChI=1S/C21H28N4O4.C7H7F/c1-25-14-19(27)24-13-18(26)22-10-4-6-15-5-2-3-7-17(15)29-12-11-23-20(21(25)28)16-8-9-16;1-6-2-4-7(8)5-3-6/h2-3,5,7,23H,4,6,8-14H2,1H3,(H,22,26)(H,24,27);2-5H,1H3. The molecule has 198 valence electrons. The first-order valence-electron chi connectivity index (χ1n) is 12.5. The lowest BCUT2D eigenvalue weighted by molar-refractivity contribution is -0.132. The fourth-order valence-electron chi connectivity index (χ4n) is 3.67. The fraction of sp³-hybridized carbons (Fsp3) is 0.393. The smallest absolute Gasteiger partial charge is 0.270 e. The number of fused-ring (bicyclic) bond motifs is 1. The SMILES string of the molecule is CN1CC(=O)NCC(=O)NCCCc2ccccc2OCCNC(=C2CC2)C1=O.Cc1ccc(F)cc1. The molecular formula is C28H35FN4O4. The second kappa shape index (κ2) is 14.0. The van der Waals surface area contributed by atoms with Crippen molar-refractivity contribution < 1.29 is 23.5 Å². The summed E-state index contributed by atoms with van der Waals surface area (Å²) in [7, 11) is 1.58. The number of nitrogens with zero attached hydrogens (tertiary/aromatic N) is 1. The molecule has 0 radical (unpaired) electrons. The molecule has 3 N–H and O–H groups in total. The third-order valence-corrected chi connectivity index (χ3v) is 5.83. The van der Waals surface area contributed by atoms with Gasteiger partial charge in [0.25, 0.3) is 5.91 Å². The molecule has 0 saturated heterocycles. The number of allylic oxidation sites excluding steroid dienone is 1.